The van der Waals surface area contributed by atoms with Crippen molar-refractivity contribution in [3.63, 3.8) is 0 Å². The van der Waals surface area contributed by atoms with Crippen molar-refractivity contribution in [3.8, 4) is 5.75 Å². The fourth-order valence-electron chi connectivity index (χ4n) is 2.74. The van der Waals surface area contributed by atoms with E-state index in [4.69, 9.17) is 4.74 Å². The maximum absolute atomic E-state index is 5.20. The molecule has 1 N–H and O–H groups in total. The molecule has 0 amide bonds. The number of aromatic nitrogens is 1. The molecule has 0 aliphatic rings. The van der Waals surface area contributed by atoms with Gasteiger partial charge >= 0.3 is 0 Å². The van der Waals surface area contributed by atoms with Crippen molar-refractivity contribution in [2.24, 2.45) is 0 Å². The molecule has 0 bridgehead atoms. The molecule has 2 aromatic carbocycles. The van der Waals surface area contributed by atoms with Crippen LogP contribution in [0.4, 0.5) is 0 Å². The molecule has 3 rings (SSSR count). The lowest BCUT2D eigenvalue weighted by molar-refractivity contribution is 0.414. The van der Waals surface area contributed by atoms with Crippen LogP contribution in [-0.4, -0.2) is 18.6 Å². The highest BCUT2D eigenvalue weighted by Crippen LogP contribution is 2.20. The van der Waals surface area contributed by atoms with Crippen molar-refractivity contribution in [1.82, 2.24) is 10.3 Å². The van der Waals surface area contributed by atoms with Crippen molar-refractivity contribution in [2.75, 3.05) is 13.7 Å². The summed E-state index contributed by atoms with van der Waals surface area (Å²) in [7, 11) is 1.69. The molecule has 1 atom stereocenters. The van der Waals surface area contributed by atoms with E-state index < -0.39 is 0 Å². The maximum atomic E-state index is 5.20. The highest BCUT2D eigenvalue weighted by Gasteiger charge is 2.13. The smallest absolute Gasteiger partial charge is 0.118 e. The van der Waals surface area contributed by atoms with Gasteiger partial charge in [0.15, 0.2) is 0 Å². The summed E-state index contributed by atoms with van der Waals surface area (Å²) in [5.41, 5.74) is 3.56. The van der Waals surface area contributed by atoms with E-state index in [0.29, 0.717) is 0 Å². The Kier molecular flexibility index (Phi) is 5.59. The van der Waals surface area contributed by atoms with Gasteiger partial charge in [0.25, 0.3) is 0 Å². The van der Waals surface area contributed by atoms with E-state index >= 15 is 0 Å². The van der Waals surface area contributed by atoms with Crippen molar-refractivity contribution in [1.29, 1.82) is 0 Å². The topological polar surface area (TPSA) is 34.1 Å². The predicted octanol–water partition coefficient (Wildman–Crippen LogP) is 4.01. The van der Waals surface area contributed by atoms with Crippen molar-refractivity contribution in [3.05, 3.63) is 95.8 Å². The second kappa shape index (κ2) is 8.27. The fourth-order valence-corrected chi connectivity index (χ4v) is 2.74. The van der Waals surface area contributed by atoms with E-state index in [1.54, 1.807) is 7.11 Å². The van der Waals surface area contributed by atoms with E-state index in [0.717, 1.165) is 24.4 Å². The van der Waals surface area contributed by atoms with Crippen molar-refractivity contribution >= 4 is 0 Å². The van der Waals surface area contributed by atoms with Gasteiger partial charge in [-0.1, -0.05) is 48.5 Å². The third kappa shape index (κ3) is 4.21. The molecule has 122 valence electrons. The first-order valence-corrected chi connectivity index (χ1v) is 8.19. The molecular weight excluding hydrogens is 296 g/mol. The normalized spacial score (nSPS) is 11.9. The number of hydrogen-bond acceptors (Lipinski definition) is 3. The average Bonchev–Trinajstić information content (AvgIpc) is 2.67. The molecule has 3 nitrogen and oxygen atoms in total. The van der Waals surface area contributed by atoms with E-state index in [1.165, 1.54) is 11.1 Å². The van der Waals surface area contributed by atoms with Crippen LogP contribution >= 0.6 is 0 Å². The Hall–Kier alpha value is -2.65. The first kappa shape index (κ1) is 16.2. The van der Waals surface area contributed by atoms with Gasteiger partial charge in [0.1, 0.15) is 5.75 Å². The molecule has 1 unspecified atom stereocenters. The maximum Gasteiger partial charge on any atom is 0.118 e. The number of benzene rings is 2. The number of methoxy groups -OCH3 is 1. The summed E-state index contributed by atoms with van der Waals surface area (Å²) in [6, 6.07) is 24.8. The second-order valence-corrected chi connectivity index (χ2v) is 5.65. The van der Waals surface area contributed by atoms with Crippen molar-refractivity contribution < 1.29 is 4.74 Å². The summed E-state index contributed by atoms with van der Waals surface area (Å²) in [6.07, 6.45) is 2.80. The monoisotopic (exact) mass is 318 g/mol. The molecule has 0 spiro atoms. The Morgan fingerprint density at radius 1 is 0.917 bits per heavy atom. The first-order valence-electron chi connectivity index (χ1n) is 8.19. The number of hydrogen-bond donors (Lipinski definition) is 1. The third-order valence-corrected chi connectivity index (χ3v) is 4.04. The molecule has 24 heavy (non-hydrogen) atoms. The highest BCUT2D eigenvalue weighted by atomic mass is 16.5. The van der Waals surface area contributed by atoms with Gasteiger partial charge in [0, 0.05) is 12.7 Å². The minimum atomic E-state index is 0.102. The average molecular weight is 318 g/mol. The van der Waals surface area contributed by atoms with E-state index in [-0.39, 0.29) is 6.04 Å². The number of pyridine rings is 1. The third-order valence-electron chi connectivity index (χ3n) is 4.04. The minimum absolute atomic E-state index is 0.102. The Morgan fingerprint density at radius 3 is 2.33 bits per heavy atom. The molecule has 3 aromatic rings. The lowest BCUT2D eigenvalue weighted by Gasteiger charge is -2.19. The Morgan fingerprint density at radius 2 is 1.67 bits per heavy atom. The lowest BCUT2D eigenvalue weighted by Crippen LogP contribution is -2.25. The van der Waals surface area contributed by atoms with Crippen LogP contribution in [-0.2, 0) is 6.42 Å². The molecule has 0 saturated carbocycles. The molecule has 1 aromatic heterocycles. The zero-order valence-electron chi connectivity index (χ0n) is 13.9. The van der Waals surface area contributed by atoms with Crippen LogP contribution in [0.2, 0.25) is 0 Å². The van der Waals surface area contributed by atoms with Gasteiger partial charge < -0.3 is 10.1 Å². The number of nitrogens with zero attached hydrogens (tertiary/aromatic N) is 1. The zero-order valence-corrected chi connectivity index (χ0v) is 13.9. The molecule has 1 heterocycles. The quantitative estimate of drug-likeness (QED) is 0.714. The standard InChI is InChI=1S/C21H22N2O/c1-24-19-12-10-17(11-13-19)14-16-23-21(18-7-3-2-4-8-18)20-9-5-6-15-22-20/h2-13,15,21,23H,14,16H2,1H3. The molecule has 0 aliphatic heterocycles. The van der Waals surface area contributed by atoms with Crippen LogP contribution in [0.1, 0.15) is 22.9 Å². The van der Waals surface area contributed by atoms with Gasteiger partial charge in [-0.15, -0.1) is 0 Å². The SMILES string of the molecule is COc1ccc(CCNC(c2ccccc2)c2ccccn2)cc1. The first-order chi connectivity index (χ1) is 11.9. The molecule has 0 saturated heterocycles. The fraction of sp³-hybridized carbons (Fsp3) is 0.190. The van der Waals surface area contributed by atoms with Crippen LogP contribution in [0.25, 0.3) is 0 Å². The van der Waals surface area contributed by atoms with Gasteiger partial charge in [-0.25, -0.2) is 0 Å². The van der Waals surface area contributed by atoms with Crippen LogP contribution < -0.4 is 10.1 Å². The number of nitrogens with one attached hydrogen (secondary N) is 1. The van der Waals surface area contributed by atoms with Gasteiger partial charge in [-0.2, -0.15) is 0 Å². The number of rotatable bonds is 7. The van der Waals surface area contributed by atoms with Crippen LogP contribution in [0, 0.1) is 0 Å². The summed E-state index contributed by atoms with van der Waals surface area (Å²) < 4.78 is 5.20. The zero-order chi connectivity index (χ0) is 16.6. The Labute approximate surface area is 143 Å². The summed E-state index contributed by atoms with van der Waals surface area (Å²) in [4.78, 5) is 4.52. The second-order valence-electron chi connectivity index (χ2n) is 5.65. The van der Waals surface area contributed by atoms with Gasteiger partial charge in [-0.05, 0) is 41.8 Å². The minimum Gasteiger partial charge on any atom is -0.497 e. The molecule has 0 aliphatic carbocycles. The molecule has 3 heteroatoms. The summed E-state index contributed by atoms with van der Waals surface area (Å²) in [5, 5.41) is 3.64. The van der Waals surface area contributed by atoms with Crippen LogP contribution in [0.15, 0.2) is 79.0 Å². The summed E-state index contributed by atoms with van der Waals surface area (Å²) in [5.74, 6) is 0.891. The highest BCUT2D eigenvalue weighted by molar-refractivity contribution is 5.29. The summed E-state index contributed by atoms with van der Waals surface area (Å²) in [6.45, 7) is 0.877. The summed E-state index contributed by atoms with van der Waals surface area (Å²) >= 11 is 0. The van der Waals surface area contributed by atoms with E-state index in [9.17, 15) is 0 Å². The van der Waals surface area contributed by atoms with Gasteiger partial charge in [-0.3, -0.25) is 4.98 Å². The van der Waals surface area contributed by atoms with Gasteiger partial charge in [0.2, 0.25) is 0 Å². The van der Waals surface area contributed by atoms with Crippen LogP contribution in [0.3, 0.4) is 0 Å². The Bertz CT molecular complexity index is 687. The molecule has 0 fully saturated rings. The largest absolute Gasteiger partial charge is 0.497 e. The van der Waals surface area contributed by atoms with Crippen molar-refractivity contribution in [2.45, 2.75) is 12.5 Å². The van der Waals surface area contributed by atoms with E-state index in [2.05, 4.69) is 52.8 Å². The van der Waals surface area contributed by atoms with Gasteiger partial charge in [0.05, 0.1) is 18.8 Å². The molecular formula is C21H22N2O. The van der Waals surface area contributed by atoms with Crippen LogP contribution in [0.5, 0.6) is 5.75 Å². The van der Waals surface area contributed by atoms with E-state index in [1.807, 2.05) is 36.5 Å². The number of ether oxygens (including phenoxy) is 1. The molecule has 0 radical (unpaired) electrons. The lowest BCUT2D eigenvalue weighted by atomic mass is 10.0. The predicted molar refractivity (Wildman–Crippen MR) is 97.2 cm³/mol. The Balaban J connectivity index is 1.68.